The topological polar surface area (TPSA) is 49.4 Å². The second-order valence-electron chi connectivity index (χ2n) is 6.75. The molecule has 1 N–H and O–H groups in total. The first-order chi connectivity index (χ1) is 11.8. The summed E-state index contributed by atoms with van der Waals surface area (Å²) < 4.78 is 0. The van der Waals surface area contributed by atoms with Crippen LogP contribution < -0.4 is 5.32 Å². The Kier molecular flexibility index (Phi) is 6.48. The molecule has 1 amide bonds. The lowest BCUT2D eigenvalue weighted by Crippen LogP contribution is -2.29. The number of hydrogen-bond acceptors (Lipinski definition) is 3. The van der Waals surface area contributed by atoms with E-state index in [0.717, 1.165) is 0 Å². The van der Waals surface area contributed by atoms with Crippen LogP contribution in [0.25, 0.3) is 0 Å². The van der Waals surface area contributed by atoms with Crippen molar-refractivity contribution >= 4 is 17.4 Å². The number of rotatable bonds is 7. The van der Waals surface area contributed by atoms with Crippen LogP contribution >= 0.6 is 0 Å². The van der Waals surface area contributed by atoms with Gasteiger partial charge in [-0.1, -0.05) is 50.2 Å². The van der Waals surface area contributed by atoms with Gasteiger partial charge in [-0.3, -0.25) is 14.5 Å². The van der Waals surface area contributed by atoms with Gasteiger partial charge >= 0.3 is 0 Å². The van der Waals surface area contributed by atoms with Crippen molar-refractivity contribution in [1.82, 2.24) is 4.90 Å². The molecule has 0 saturated heterocycles. The minimum Gasteiger partial charge on any atom is -0.325 e. The summed E-state index contributed by atoms with van der Waals surface area (Å²) in [4.78, 5) is 25.6. The molecule has 0 aliphatic heterocycles. The van der Waals surface area contributed by atoms with Gasteiger partial charge in [0.05, 0.1) is 6.54 Å². The van der Waals surface area contributed by atoms with Gasteiger partial charge in [0, 0.05) is 17.8 Å². The maximum Gasteiger partial charge on any atom is 0.238 e. The summed E-state index contributed by atoms with van der Waals surface area (Å²) in [6, 6.07) is 15.5. The molecule has 0 spiro atoms. The number of ketones is 1. The van der Waals surface area contributed by atoms with Gasteiger partial charge < -0.3 is 5.32 Å². The van der Waals surface area contributed by atoms with Gasteiger partial charge in [-0.05, 0) is 43.1 Å². The second-order valence-corrected chi connectivity index (χ2v) is 6.75. The number of hydrogen-bond donors (Lipinski definition) is 1. The van der Waals surface area contributed by atoms with Crippen molar-refractivity contribution in [3.8, 4) is 0 Å². The van der Waals surface area contributed by atoms with E-state index in [0.29, 0.717) is 23.7 Å². The van der Waals surface area contributed by atoms with Crippen LogP contribution in [0.3, 0.4) is 0 Å². The summed E-state index contributed by atoms with van der Waals surface area (Å²) in [6.07, 6.45) is 0. The van der Waals surface area contributed by atoms with Gasteiger partial charge in [0.15, 0.2) is 5.78 Å². The van der Waals surface area contributed by atoms with Gasteiger partial charge in [0.1, 0.15) is 0 Å². The van der Waals surface area contributed by atoms with E-state index in [1.807, 2.05) is 11.9 Å². The largest absolute Gasteiger partial charge is 0.325 e. The van der Waals surface area contributed by atoms with Crippen molar-refractivity contribution in [3.05, 3.63) is 65.2 Å². The Morgan fingerprint density at radius 2 is 1.76 bits per heavy atom. The Labute approximate surface area is 149 Å². The normalized spacial score (nSPS) is 11.0. The Balaban J connectivity index is 1.89. The van der Waals surface area contributed by atoms with E-state index < -0.39 is 0 Å². The first-order valence-electron chi connectivity index (χ1n) is 8.53. The van der Waals surface area contributed by atoms with Gasteiger partial charge in [0.25, 0.3) is 0 Å². The van der Waals surface area contributed by atoms with E-state index in [4.69, 9.17) is 0 Å². The molecule has 4 nitrogen and oxygen atoms in total. The molecule has 0 bridgehead atoms. The summed E-state index contributed by atoms with van der Waals surface area (Å²) in [5.41, 5.74) is 3.73. The molecule has 4 heteroatoms. The molecule has 2 aromatic rings. The SMILES string of the molecule is CC(=O)c1cccc(NC(=O)CN(C)Cc2ccc(C(C)C)cc2)c1. The highest BCUT2D eigenvalue weighted by Gasteiger charge is 2.09. The van der Waals surface area contributed by atoms with Crippen LogP contribution in [-0.4, -0.2) is 30.2 Å². The lowest BCUT2D eigenvalue weighted by Gasteiger charge is -2.17. The number of carbonyl (C=O) groups excluding carboxylic acids is 2. The fourth-order valence-corrected chi connectivity index (χ4v) is 2.64. The maximum atomic E-state index is 12.2. The summed E-state index contributed by atoms with van der Waals surface area (Å²) in [5, 5.41) is 2.85. The lowest BCUT2D eigenvalue weighted by molar-refractivity contribution is -0.117. The predicted octanol–water partition coefficient (Wildman–Crippen LogP) is 4.08. The molecule has 0 unspecified atom stereocenters. The molecule has 0 aliphatic rings. The van der Waals surface area contributed by atoms with Gasteiger partial charge in [0.2, 0.25) is 5.91 Å². The number of benzene rings is 2. The molecule has 0 atom stereocenters. The Hall–Kier alpha value is -2.46. The summed E-state index contributed by atoms with van der Waals surface area (Å²) in [5.74, 6) is 0.406. The molecule has 0 saturated carbocycles. The number of Topliss-reactive ketones (excluding diaryl/α,β-unsaturated/α-hetero) is 1. The molecule has 0 aromatic heterocycles. The van der Waals surface area contributed by atoms with Crippen molar-refractivity contribution in [2.24, 2.45) is 0 Å². The number of nitrogens with one attached hydrogen (secondary N) is 1. The standard InChI is InChI=1S/C21H26N2O2/c1-15(2)18-10-8-17(9-11-18)13-23(4)14-21(25)22-20-7-5-6-19(12-20)16(3)24/h5-12,15H,13-14H2,1-4H3,(H,22,25). The van der Waals surface area contributed by atoms with Crippen LogP contribution in [-0.2, 0) is 11.3 Å². The average molecular weight is 338 g/mol. The van der Waals surface area contributed by atoms with Crippen molar-refractivity contribution < 1.29 is 9.59 Å². The fraction of sp³-hybridized carbons (Fsp3) is 0.333. The second kappa shape index (κ2) is 8.58. The zero-order valence-corrected chi connectivity index (χ0v) is 15.4. The predicted molar refractivity (Wildman–Crippen MR) is 102 cm³/mol. The monoisotopic (exact) mass is 338 g/mol. The van der Waals surface area contributed by atoms with E-state index in [1.165, 1.54) is 18.1 Å². The summed E-state index contributed by atoms with van der Waals surface area (Å²) in [6.45, 7) is 6.86. The highest BCUT2D eigenvalue weighted by Crippen LogP contribution is 2.15. The average Bonchev–Trinajstić information content (AvgIpc) is 2.55. The van der Waals surface area contributed by atoms with Crippen LogP contribution in [0, 0.1) is 0 Å². The summed E-state index contributed by atoms with van der Waals surface area (Å²) in [7, 11) is 1.92. The zero-order chi connectivity index (χ0) is 18.4. The minimum atomic E-state index is -0.0954. The number of nitrogens with zero attached hydrogens (tertiary/aromatic N) is 1. The van der Waals surface area contributed by atoms with E-state index in [9.17, 15) is 9.59 Å². The number of anilines is 1. The van der Waals surface area contributed by atoms with E-state index in [-0.39, 0.29) is 18.2 Å². The van der Waals surface area contributed by atoms with Gasteiger partial charge in [-0.25, -0.2) is 0 Å². The first kappa shape index (κ1) is 18.9. The molecule has 25 heavy (non-hydrogen) atoms. The van der Waals surface area contributed by atoms with Crippen LogP contribution in [0.1, 0.15) is 48.2 Å². The third-order valence-electron chi connectivity index (χ3n) is 4.07. The molecule has 0 heterocycles. The maximum absolute atomic E-state index is 12.2. The highest BCUT2D eigenvalue weighted by molar-refractivity contribution is 5.97. The van der Waals surface area contributed by atoms with Gasteiger partial charge in [-0.15, -0.1) is 0 Å². The minimum absolute atomic E-state index is 0.0157. The molecule has 0 aliphatic carbocycles. The molecule has 132 valence electrons. The molecule has 0 radical (unpaired) electrons. The quantitative estimate of drug-likeness (QED) is 0.774. The number of likely N-dealkylation sites (N-methyl/N-ethyl adjacent to an activating group) is 1. The molecular formula is C21H26N2O2. The number of carbonyl (C=O) groups is 2. The van der Waals surface area contributed by atoms with Crippen molar-refractivity contribution in [1.29, 1.82) is 0 Å². The van der Waals surface area contributed by atoms with Crippen molar-refractivity contribution in [2.75, 3.05) is 18.9 Å². The van der Waals surface area contributed by atoms with Crippen LogP contribution in [0.4, 0.5) is 5.69 Å². The Morgan fingerprint density at radius 3 is 2.36 bits per heavy atom. The Bertz CT molecular complexity index is 736. The molecule has 2 rings (SSSR count). The number of amides is 1. The van der Waals surface area contributed by atoms with Crippen LogP contribution in [0.2, 0.25) is 0 Å². The first-order valence-corrected chi connectivity index (χ1v) is 8.53. The van der Waals surface area contributed by atoms with E-state index in [1.54, 1.807) is 24.3 Å². The van der Waals surface area contributed by atoms with E-state index >= 15 is 0 Å². The fourth-order valence-electron chi connectivity index (χ4n) is 2.64. The van der Waals surface area contributed by atoms with Gasteiger partial charge in [-0.2, -0.15) is 0 Å². The Morgan fingerprint density at radius 1 is 1.08 bits per heavy atom. The third kappa shape index (κ3) is 5.84. The lowest BCUT2D eigenvalue weighted by atomic mass is 10.0. The molecule has 0 fully saturated rings. The van der Waals surface area contributed by atoms with Crippen LogP contribution in [0.5, 0.6) is 0 Å². The van der Waals surface area contributed by atoms with Crippen LogP contribution in [0.15, 0.2) is 48.5 Å². The summed E-state index contributed by atoms with van der Waals surface area (Å²) >= 11 is 0. The third-order valence-corrected chi connectivity index (χ3v) is 4.07. The molecule has 2 aromatic carbocycles. The zero-order valence-electron chi connectivity index (χ0n) is 15.4. The molecular weight excluding hydrogens is 312 g/mol. The highest BCUT2D eigenvalue weighted by atomic mass is 16.2. The van der Waals surface area contributed by atoms with E-state index in [2.05, 4.69) is 43.4 Å². The van der Waals surface area contributed by atoms with Crippen molar-refractivity contribution in [2.45, 2.75) is 33.2 Å². The smallest absolute Gasteiger partial charge is 0.238 e. The van der Waals surface area contributed by atoms with Crippen molar-refractivity contribution in [3.63, 3.8) is 0 Å².